The van der Waals surface area contributed by atoms with Crippen molar-refractivity contribution in [3.05, 3.63) is 34.0 Å². The summed E-state index contributed by atoms with van der Waals surface area (Å²) in [5.74, 6) is 0.277. The van der Waals surface area contributed by atoms with Gasteiger partial charge >= 0.3 is 0 Å². The number of aryl methyl sites for hydroxylation is 1. The Morgan fingerprint density at radius 1 is 1.75 bits per heavy atom. The van der Waals surface area contributed by atoms with Crippen molar-refractivity contribution in [3.63, 3.8) is 0 Å². The quantitative estimate of drug-likeness (QED) is 0.543. The zero-order valence-corrected chi connectivity index (χ0v) is 6.65. The standard InChI is InChI=1S/C7H9N3O2/c1-2-6-3-4-8-7(5-6)9-10(11)12/h3-5H,2H2,1H3,(H,8,9). The summed E-state index contributed by atoms with van der Waals surface area (Å²) in [6, 6.07) is 3.48. The first-order valence-electron chi connectivity index (χ1n) is 3.58. The molecule has 0 amide bonds. The Morgan fingerprint density at radius 2 is 2.50 bits per heavy atom. The average molecular weight is 167 g/mol. The van der Waals surface area contributed by atoms with Gasteiger partial charge in [0.2, 0.25) is 0 Å². The number of hydrogen-bond acceptors (Lipinski definition) is 3. The first-order chi connectivity index (χ1) is 5.72. The summed E-state index contributed by atoms with van der Waals surface area (Å²) in [6.45, 7) is 1.98. The first-order valence-corrected chi connectivity index (χ1v) is 3.58. The Labute approximate surface area is 69.6 Å². The molecule has 5 nitrogen and oxygen atoms in total. The average Bonchev–Trinajstić information content (AvgIpc) is 2.03. The number of nitrogens with one attached hydrogen (secondary N) is 1. The van der Waals surface area contributed by atoms with Crippen LogP contribution in [-0.4, -0.2) is 10.0 Å². The summed E-state index contributed by atoms with van der Waals surface area (Å²) in [7, 11) is 0. The number of rotatable bonds is 3. The van der Waals surface area contributed by atoms with Crippen LogP contribution in [0.25, 0.3) is 0 Å². The van der Waals surface area contributed by atoms with Crippen LogP contribution in [0.1, 0.15) is 12.5 Å². The van der Waals surface area contributed by atoms with Gasteiger partial charge in [0.15, 0.2) is 10.9 Å². The van der Waals surface area contributed by atoms with Crippen molar-refractivity contribution in [1.82, 2.24) is 4.98 Å². The van der Waals surface area contributed by atoms with E-state index in [1.165, 1.54) is 0 Å². The van der Waals surface area contributed by atoms with Crippen LogP contribution in [-0.2, 0) is 6.42 Å². The van der Waals surface area contributed by atoms with Gasteiger partial charge in [0.1, 0.15) is 0 Å². The van der Waals surface area contributed by atoms with Gasteiger partial charge in [0, 0.05) is 6.20 Å². The molecule has 1 N–H and O–H groups in total. The van der Waals surface area contributed by atoms with E-state index in [2.05, 4.69) is 4.98 Å². The number of aromatic nitrogens is 1. The molecule has 0 aliphatic rings. The van der Waals surface area contributed by atoms with E-state index in [0.29, 0.717) is 0 Å². The molecule has 0 aliphatic heterocycles. The Kier molecular flexibility index (Phi) is 2.57. The number of pyridine rings is 1. The molecule has 12 heavy (non-hydrogen) atoms. The lowest BCUT2D eigenvalue weighted by atomic mass is 10.2. The van der Waals surface area contributed by atoms with E-state index in [-0.39, 0.29) is 5.82 Å². The lowest BCUT2D eigenvalue weighted by Crippen LogP contribution is -2.09. The first kappa shape index (κ1) is 8.45. The van der Waals surface area contributed by atoms with Gasteiger partial charge in [0.25, 0.3) is 0 Å². The van der Waals surface area contributed by atoms with E-state index in [0.717, 1.165) is 12.0 Å². The monoisotopic (exact) mass is 167 g/mol. The summed E-state index contributed by atoms with van der Waals surface area (Å²) in [5, 5.41) is 9.40. The molecule has 1 rings (SSSR count). The summed E-state index contributed by atoms with van der Waals surface area (Å²) < 4.78 is 0. The minimum atomic E-state index is -0.623. The summed E-state index contributed by atoms with van der Waals surface area (Å²) in [5.41, 5.74) is 3.01. The molecule has 0 spiro atoms. The van der Waals surface area contributed by atoms with E-state index in [1.54, 1.807) is 12.3 Å². The van der Waals surface area contributed by atoms with Crippen molar-refractivity contribution in [3.8, 4) is 0 Å². The molecule has 0 fully saturated rings. The minimum absolute atomic E-state index is 0.277. The second kappa shape index (κ2) is 3.66. The van der Waals surface area contributed by atoms with E-state index in [4.69, 9.17) is 0 Å². The van der Waals surface area contributed by atoms with Crippen molar-refractivity contribution in [2.75, 3.05) is 5.43 Å². The molecule has 0 radical (unpaired) electrons. The summed E-state index contributed by atoms with van der Waals surface area (Å²) >= 11 is 0. The molecule has 1 aromatic rings. The fraction of sp³-hybridized carbons (Fsp3) is 0.286. The third kappa shape index (κ3) is 2.19. The Hall–Kier alpha value is -1.65. The number of nitro groups is 1. The summed E-state index contributed by atoms with van der Waals surface area (Å²) in [6.07, 6.45) is 2.39. The fourth-order valence-corrected chi connectivity index (χ4v) is 0.849. The maximum absolute atomic E-state index is 10.0. The maximum atomic E-state index is 10.0. The molecule has 0 aliphatic carbocycles. The zero-order valence-electron chi connectivity index (χ0n) is 6.65. The molecular weight excluding hydrogens is 158 g/mol. The third-order valence-corrected chi connectivity index (χ3v) is 1.44. The molecule has 0 atom stereocenters. The number of hydrogen-bond donors (Lipinski definition) is 1. The highest BCUT2D eigenvalue weighted by atomic mass is 16.7. The van der Waals surface area contributed by atoms with E-state index in [9.17, 15) is 10.1 Å². The van der Waals surface area contributed by atoms with Crippen molar-refractivity contribution in [2.45, 2.75) is 13.3 Å². The molecule has 1 heterocycles. The topological polar surface area (TPSA) is 68.1 Å². The summed E-state index contributed by atoms with van der Waals surface area (Å²) in [4.78, 5) is 13.8. The minimum Gasteiger partial charge on any atom is -0.234 e. The number of anilines is 1. The van der Waals surface area contributed by atoms with Gasteiger partial charge in [-0.3, -0.25) is 0 Å². The van der Waals surface area contributed by atoms with Crippen molar-refractivity contribution >= 4 is 5.82 Å². The highest BCUT2D eigenvalue weighted by Gasteiger charge is 1.99. The van der Waals surface area contributed by atoms with Crippen molar-refractivity contribution in [2.24, 2.45) is 0 Å². The van der Waals surface area contributed by atoms with Gasteiger partial charge in [0.05, 0.1) is 0 Å². The second-order valence-electron chi connectivity index (χ2n) is 2.27. The van der Waals surface area contributed by atoms with E-state index in [1.807, 2.05) is 18.4 Å². The van der Waals surface area contributed by atoms with Crippen LogP contribution in [0.15, 0.2) is 18.3 Å². The molecule has 0 saturated heterocycles. The van der Waals surface area contributed by atoms with Crippen LogP contribution in [0.3, 0.4) is 0 Å². The highest BCUT2D eigenvalue weighted by Crippen LogP contribution is 2.06. The SMILES string of the molecule is CCc1ccnc(N[N+](=O)[O-])c1. The van der Waals surface area contributed by atoms with Crippen LogP contribution in [0.4, 0.5) is 5.82 Å². The molecular formula is C7H9N3O2. The van der Waals surface area contributed by atoms with Gasteiger partial charge in [-0.1, -0.05) is 12.3 Å². The Morgan fingerprint density at radius 3 is 3.08 bits per heavy atom. The number of hydrazine groups is 1. The lowest BCUT2D eigenvalue weighted by Gasteiger charge is -1.98. The van der Waals surface area contributed by atoms with Gasteiger partial charge in [-0.25, -0.2) is 15.1 Å². The molecule has 0 unspecified atom stereocenters. The van der Waals surface area contributed by atoms with E-state index >= 15 is 0 Å². The van der Waals surface area contributed by atoms with Gasteiger partial charge in [-0.05, 0) is 24.1 Å². The maximum Gasteiger partial charge on any atom is 0.190 e. The molecule has 1 aromatic heterocycles. The Balaban J connectivity index is 2.79. The van der Waals surface area contributed by atoms with Crippen molar-refractivity contribution in [1.29, 1.82) is 0 Å². The van der Waals surface area contributed by atoms with Gasteiger partial charge in [-0.2, -0.15) is 0 Å². The van der Waals surface area contributed by atoms with Crippen LogP contribution < -0.4 is 5.43 Å². The predicted octanol–water partition coefficient (Wildman–Crippen LogP) is 1.25. The largest absolute Gasteiger partial charge is 0.234 e. The number of nitrogens with zero attached hydrogens (tertiary/aromatic N) is 2. The predicted molar refractivity (Wildman–Crippen MR) is 44.2 cm³/mol. The van der Waals surface area contributed by atoms with Crippen LogP contribution in [0, 0.1) is 10.1 Å². The highest BCUT2D eigenvalue weighted by molar-refractivity contribution is 5.34. The molecule has 0 bridgehead atoms. The van der Waals surface area contributed by atoms with Crippen LogP contribution in [0.2, 0.25) is 0 Å². The third-order valence-electron chi connectivity index (χ3n) is 1.44. The molecule has 0 saturated carbocycles. The normalized spacial score (nSPS) is 9.42. The smallest absolute Gasteiger partial charge is 0.190 e. The lowest BCUT2D eigenvalue weighted by molar-refractivity contribution is -0.445. The van der Waals surface area contributed by atoms with Gasteiger partial charge < -0.3 is 0 Å². The Bertz CT molecular complexity index is 288. The zero-order chi connectivity index (χ0) is 8.97. The molecule has 0 aromatic carbocycles. The fourth-order valence-electron chi connectivity index (χ4n) is 0.849. The second-order valence-corrected chi connectivity index (χ2v) is 2.27. The van der Waals surface area contributed by atoms with E-state index < -0.39 is 5.03 Å². The van der Waals surface area contributed by atoms with Crippen LogP contribution in [0.5, 0.6) is 0 Å². The molecule has 5 heteroatoms. The van der Waals surface area contributed by atoms with Crippen LogP contribution >= 0.6 is 0 Å². The van der Waals surface area contributed by atoms with Gasteiger partial charge in [-0.15, -0.1) is 0 Å². The molecule has 64 valence electrons. The van der Waals surface area contributed by atoms with Crippen molar-refractivity contribution < 1.29 is 5.03 Å².